The second-order valence-corrected chi connectivity index (χ2v) is 8.17. The number of benzene rings is 1. The minimum absolute atomic E-state index is 0.0727. The van der Waals surface area contributed by atoms with Crippen molar-refractivity contribution in [2.75, 3.05) is 0 Å². The summed E-state index contributed by atoms with van der Waals surface area (Å²) < 4.78 is 5.27. The Morgan fingerprint density at radius 2 is 1.90 bits per heavy atom. The van der Waals surface area contributed by atoms with Crippen LogP contribution in [-0.4, -0.2) is 27.9 Å². The molecule has 2 heterocycles. The third-order valence-electron chi connectivity index (χ3n) is 4.33. The van der Waals surface area contributed by atoms with Crippen molar-refractivity contribution in [3.63, 3.8) is 0 Å². The van der Waals surface area contributed by atoms with Gasteiger partial charge in [-0.3, -0.25) is 14.6 Å². The van der Waals surface area contributed by atoms with Crippen molar-refractivity contribution in [1.82, 2.24) is 15.3 Å². The van der Waals surface area contributed by atoms with Crippen LogP contribution in [-0.2, 0) is 20.7 Å². The first kappa shape index (κ1) is 21.6. The Morgan fingerprint density at radius 1 is 1.13 bits per heavy atom. The molecule has 0 saturated heterocycles. The Morgan fingerprint density at radius 3 is 2.57 bits per heavy atom. The third kappa shape index (κ3) is 6.22. The molecular weight excluding hydrogens is 398 g/mol. The number of rotatable bonds is 8. The van der Waals surface area contributed by atoms with Crippen molar-refractivity contribution in [3.05, 3.63) is 70.9 Å². The molecule has 1 atom stereocenters. The highest BCUT2D eigenvalue weighted by molar-refractivity contribution is 7.13. The van der Waals surface area contributed by atoms with Crippen molar-refractivity contribution >= 4 is 23.2 Å². The quantitative estimate of drug-likeness (QED) is 0.548. The van der Waals surface area contributed by atoms with Gasteiger partial charge in [-0.2, -0.15) is 0 Å². The van der Waals surface area contributed by atoms with Gasteiger partial charge < -0.3 is 10.1 Å². The van der Waals surface area contributed by atoms with Crippen molar-refractivity contribution < 1.29 is 14.3 Å². The fraction of sp³-hybridized carbons (Fsp3) is 0.304. The Bertz CT molecular complexity index is 984. The monoisotopic (exact) mass is 423 g/mol. The zero-order valence-electron chi connectivity index (χ0n) is 17.3. The van der Waals surface area contributed by atoms with Crippen molar-refractivity contribution in [2.45, 2.75) is 45.8 Å². The lowest BCUT2D eigenvalue weighted by atomic mass is 10.0. The average molecular weight is 424 g/mol. The van der Waals surface area contributed by atoms with Gasteiger partial charge in [0, 0.05) is 11.6 Å². The lowest BCUT2D eigenvalue weighted by Crippen LogP contribution is -2.32. The van der Waals surface area contributed by atoms with Gasteiger partial charge in [0.1, 0.15) is 5.01 Å². The number of aromatic nitrogens is 2. The van der Waals surface area contributed by atoms with Crippen LogP contribution < -0.4 is 5.32 Å². The maximum Gasteiger partial charge on any atom is 0.308 e. The molecule has 0 radical (unpaired) electrons. The van der Waals surface area contributed by atoms with Crippen LogP contribution >= 0.6 is 11.3 Å². The van der Waals surface area contributed by atoms with E-state index in [0.29, 0.717) is 5.69 Å². The second-order valence-electron chi connectivity index (χ2n) is 7.31. The number of nitrogens with one attached hydrogen (secondary N) is 1. The molecule has 2 aromatic heterocycles. The fourth-order valence-corrected chi connectivity index (χ4v) is 3.73. The van der Waals surface area contributed by atoms with E-state index in [2.05, 4.69) is 15.3 Å². The predicted octanol–water partition coefficient (Wildman–Crippen LogP) is 4.26. The number of amides is 1. The van der Waals surface area contributed by atoms with E-state index >= 15 is 0 Å². The highest BCUT2D eigenvalue weighted by atomic mass is 32.1. The minimum atomic E-state index is -0.460. The molecule has 1 unspecified atom stereocenters. The van der Waals surface area contributed by atoms with Crippen LogP contribution in [0.5, 0.6) is 0 Å². The first-order valence-corrected chi connectivity index (χ1v) is 10.7. The Kier molecular flexibility index (Phi) is 7.30. The number of nitrogens with zero attached hydrogens (tertiary/aromatic N) is 2. The van der Waals surface area contributed by atoms with Crippen LogP contribution in [0.15, 0.2) is 54.0 Å². The largest absolute Gasteiger partial charge is 0.463 e. The molecule has 0 aliphatic heterocycles. The van der Waals surface area contributed by atoms with E-state index in [1.807, 2.05) is 54.8 Å². The van der Waals surface area contributed by atoms with Crippen molar-refractivity contribution in [2.24, 2.45) is 0 Å². The van der Waals surface area contributed by atoms with Crippen LogP contribution in [0, 0.1) is 6.92 Å². The Hall–Kier alpha value is -3.06. The number of ether oxygens (including phenoxy) is 1. The van der Waals surface area contributed by atoms with Crippen molar-refractivity contribution in [1.29, 1.82) is 0 Å². The van der Waals surface area contributed by atoms with Gasteiger partial charge >= 0.3 is 5.97 Å². The van der Waals surface area contributed by atoms with Gasteiger partial charge in [-0.05, 0) is 38.5 Å². The summed E-state index contributed by atoms with van der Waals surface area (Å²) in [7, 11) is 0. The number of pyridine rings is 1. The highest BCUT2D eigenvalue weighted by Crippen LogP contribution is 2.22. The predicted molar refractivity (Wildman–Crippen MR) is 117 cm³/mol. The van der Waals surface area contributed by atoms with Crippen LogP contribution in [0.2, 0.25) is 0 Å². The number of thiazole rings is 1. The van der Waals surface area contributed by atoms with Gasteiger partial charge in [0.2, 0.25) is 5.91 Å². The zero-order chi connectivity index (χ0) is 21.5. The molecule has 1 N–H and O–H groups in total. The summed E-state index contributed by atoms with van der Waals surface area (Å²) in [4.78, 5) is 33.7. The van der Waals surface area contributed by atoms with E-state index in [-0.39, 0.29) is 30.8 Å². The molecule has 1 amide bonds. The zero-order valence-corrected chi connectivity index (χ0v) is 18.1. The van der Waals surface area contributed by atoms with Gasteiger partial charge in [0.15, 0.2) is 0 Å². The molecule has 0 bridgehead atoms. The number of hydrogen-bond acceptors (Lipinski definition) is 6. The SMILES string of the molecule is Cc1ccc(C(CC(=O)OC(C)C)NC(=O)Cc2csc(-c3ccccn3)n2)cc1. The number of carbonyl (C=O) groups excluding carboxylic acids is 2. The minimum Gasteiger partial charge on any atom is -0.463 e. The van der Waals surface area contributed by atoms with E-state index in [1.54, 1.807) is 20.0 Å². The fourth-order valence-electron chi connectivity index (χ4n) is 2.93. The summed E-state index contributed by atoms with van der Waals surface area (Å²) in [6.07, 6.45) is 1.71. The van der Waals surface area contributed by atoms with Crippen LogP contribution in [0.3, 0.4) is 0 Å². The molecule has 1 aromatic carbocycles. The normalized spacial score (nSPS) is 11.9. The van der Waals surface area contributed by atoms with E-state index in [9.17, 15) is 9.59 Å². The number of esters is 1. The Labute approximate surface area is 180 Å². The summed E-state index contributed by atoms with van der Waals surface area (Å²) in [6, 6.07) is 12.9. The molecule has 0 spiro atoms. The van der Waals surface area contributed by atoms with Gasteiger partial charge in [0.25, 0.3) is 0 Å². The number of carbonyl (C=O) groups is 2. The molecule has 0 aliphatic rings. The van der Waals surface area contributed by atoms with Gasteiger partial charge in [-0.1, -0.05) is 35.9 Å². The summed E-state index contributed by atoms with van der Waals surface area (Å²) in [5.74, 6) is -0.544. The van der Waals surface area contributed by atoms with Crippen LogP contribution in [0.4, 0.5) is 0 Å². The molecule has 0 saturated carbocycles. The van der Waals surface area contributed by atoms with Gasteiger partial charge in [-0.25, -0.2) is 4.98 Å². The van der Waals surface area contributed by atoms with Crippen LogP contribution in [0.25, 0.3) is 10.7 Å². The average Bonchev–Trinajstić information content (AvgIpc) is 3.16. The molecule has 7 heteroatoms. The third-order valence-corrected chi connectivity index (χ3v) is 5.24. The summed E-state index contributed by atoms with van der Waals surface area (Å²) >= 11 is 1.45. The molecule has 6 nitrogen and oxygen atoms in total. The molecule has 0 aliphatic carbocycles. The Balaban J connectivity index is 1.69. The van der Waals surface area contributed by atoms with E-state index < -0.39 is 6.04 Å². The first-order chi connectivity index (χ1) is 14.4. The maximum absolute atomic E-state index is 12.7. The molecular formula is C23H25N3O3S. The highest BCUT2D eigenvalue weighted by Gasteiger charge is 2.21. The first-order valence-electron chi connectivity index (χ1n) is 9.82. The van der Waals surface area contributed by atoms with E-state index in [1.165, 1.54) is 11.3 Å². The van der Waals surface area contributed by atoms with Gasteiger partial charge in [-0.15, -0.1) is 11.3 Å². The molecule has 0 fully saturated rings. The van der Waals surface area contributed by atoms with Gasteiger partial charge in [0.05, 0.1) is 36.4 Å². The summed E-state index contributed by atoms with van der Waals surface area (Å²) in [5.41, 5.74) is 3.42. The molecule has 30 heavy (non-hydrogen) atoms. The van der Waals surface area contributed by atoms with Crippen molar-refractivity contribution in [3.8, 4) is 10.7 Å². The molecule has 156 valence electrons. The summed E-state index contributed by atoms with van der Waals surface area (Å²) in [6.45, 7) is 5.60. The number of hydrogen-bond donors (Lipinski definition) is 1. The van der Waals surface area contributed by atoms with E-state index in [4.69, 9.17) is 4.74 Å². The van der Waals surface area contributed by atoms with E-state index in [0.717, 1.165) is 21.8 Å². The summed E-state index contributed by atoms with van der Waals surface area (Å²) in [5, 5.41) is 5.59. The smallest absolute Gasteiger partial charge is 0.308 e. The standard InChI is InChI=1S/C23H25N3O3S/c1-15(2)29-22(28)13-20(17-9-7-16(3)8-10-17)26-21(27)12-18-14-30-23(25-18)19-6-4-5-11-24-19/h4-11,14-15,20H,12-13H2,1-3H3,(H,26,27). The topological polar surface area (TPSA) is 81.2 Å². The lowest BCUT2D eigenvalue weighted by Gasteiger charge is -2.19. The second kappa shape index (κ2) is 10.1. The number of aryl methyl sites for hydroxylation is 1. The maximum atomic E-state index is 12.7. The molecule has 3 aromatic rings. The van der Waals surface area contributed by atoms with Crippen LogP contribution in [0.1, 0.15) is 43.1 Å². The molecule has 3 rings (SSSR count). The lowest BCUT2D eigenvalue weighted by molar-refractivity contribution is -0.148.